The molecule has 1 N–H and O–H groups in total. The van der Waals surface area contributed by atoms with E-state index in [0.29, 0.717) is 5.65 Å². The van der Waals surface area contributed by atoms with Gasteiger partial charge in [0.15, 0.2) is 5.65 Å². The predicted octanol–water partition coefficient (Wildman–Crippen LogP) is 3.77. The van der Waals surface area contributed by atoms with Gasteiger partial charge in [0.2, 0.25) is 5.28 Å². The average molecular weight is 291 g/mol. The Balaban J connectivity index is 2.10. The Labute approximate surface area is 119 Å². The summed E-state index contributed by atoms with van der Waals surface area (Å²) >= 11 is 7.52. The molecule has 0 radical (unpaired) electrons. The van der Waals surface area contributed by atoms with Gasteiger partial charge in [-0.2, -0.15) is 10.1 Å². The first-order valence-corrected chi connectivity index (χ1v) is 6.94. The van der Waals surface area contributed by atoms with Crippen molar-refractivity contribution in [2.45, 2.75) is 23.8 Å². The van der Waals surface area contributed by atoms with E-state index < -0.39 is 0 Å². The van der Waals surface area contributed by atoms with Gasteiger partial charge in [-0.1, -0.05) is 23.9 Å². The first-order valence-electron chi connectivity index (χ1n) is 5.75. The predicted molar refractivity (Wildman–Crippen MR) is 76.7 cm³/mol. The summed E-state index contributed by atoms with van der Waals surface area (Å²) in [6, 6.07) is 6.34. The molecule has 0 aliphatic rings. The van der Waals surface area contributed by atoms with E-state index >= 15 is 0 Å². The van der Waals surface area contributed by atoms with Crippen LogP contribution in [0.4, 0.5) is 0 Å². The number of nitrogens with zero attached hydrogens (tertiary/aromatic N) is 3. The number of rotatable bonds is 2. The first-order chi connectivity index (χ1) is 9.13. The second-order valence-corrected chi connectivity index (χ2v) is 5.67. The zero-order chi connectivity index (χ0) is 13.4. The van der Waals surface area contributed by atoms with Crippen LogP contribution in [0.1, 0.15) is 11.1 Å². The highest BCUT2D eigenvalue weighted by Gasteiger charge is 2.11. The average Bonchev–Trinajstić information content (AvgIpc) is 2.82. The standard InChI is InChI=1S/C13H11ClN4S/c1-7-3-4-8(2)10(5-7)19-12-9-6-15-18-11(9)16-13(14)17-12/h3-6H,1-2H3,(H,15,16,17,18). The maximum Gasteiger partial charge on any atom is 0.225 e. The maximum absolute atomic E-state index is 5.93. The molecule has 0 bridgehead atoms. The molecule has 4 nitrogen and oxygen atoms in total. The van der Waals surface area contributed by atoms with Crippen molar-refractivity contribution in [3.63, 3.8) is 0 Å². The molecule has 3 rings (SSSR count). The fourth-order valence-corrected chi connectivity index (χ4v) is 3.07. The molecule has 3 aromatic rings. The normalized spacial score (nSPS) is 11.1. The minimum Gasteiger partial charge on any atom is -0.261 e. The largest absolute Gasteiger partial charge is 0.261 e. The van der Waals surface area contributed by atoms with Crippen LogP contribution >= 0.6 is 23.4 Å². The topological polar surface area (TPSA) is 54.5 Å². The number of aromatic nitrogens is 4. The molecule has 0 unspecified atom stereocenters. The van der Waals surface area contributed by atoms with Gasteiger partial charge >= 0.3 is 0 Å². The van der Waals surface area contributed by atoms with Crippen molar-refractivity contribution < 1.29 is 0 Å². The fraction of sp³-hybridized carbons (Fsp3) is 0.154. The van der Waals surface area contributed by atoms with Crippen molar-refractivity contribution >= 4 is 34.4 Å². The quantitative estimate of drug-likeness (QED) is 0.576. The molecule has 0 saturated carbocycles. The SMILES string of the molecule is Cc1ccc(C)c(Sc2nc(Cl)nc3[nH]ncc23)c1. The third-order valence-electron chi connectivity index (χ3n) is 2.80. The lowest BCUT2D eigenvalue weighted by Gasteiger charge is -2.07. The van der Waals surface area contributed by atoms with Crippen molar-refractivity contribution in [2.24, 2.45) is 0 Å². The lowest BCUT2D eigenvalue weighted by atomic mass is 10.2. The van der Waals surface area contributed by atoms with Gasteiger partial charge < -0.3 is 0 Å². The molecule has 2 aromatic heterocycles. The molecule has 0 aliphatic carbocycles. The smallest absolute Gasteiger partial charge is 0.225 e. The zero-order valence-corrected chi connectivity index (χ0v) is 12.0. The minimum absolute atomic E-state index is 0.226. The van der Waals surface area contributed by atoms with Crippen LogP contribution in [0.2, 0.25) is 5.28 Å². The van der Waals surface area contributed by atoms with Crippen LogP contribution in [0.3, 0.4) is 0 Å². The van der Waals surface area contributed by atoms with Crippen molar-refractivity contribution in [2.75, 3.05) is 0 Å². The number of nitrogens with one attached hydrogen (secondary N) is 1. The number of aromatic amines is 1. The molecule has 96 valence electrons. The van der Waals surface area contributed by atoms with Crippen LogP contribution in [0.5, 0.6) is 0 Å². The van der Waals surface area contributed by atoms with E-state index in [2.05, 4.69) is 52.2 Å². The Morgan fingerprint density at radius 3 is 2.89 bits per heavy atom. The molecule has 19 heavy (non-hydrogen) atoms. The Hall–Kier alpha value is -1.59. The zero-order valence-electron chi connectivity index (χ0n) is 10.4. The molecular formula is C13H11ClN4S. The van der Waals surface area contributed by atoms with Crippen LogP contribution in [0.25, 0.3) is 11.0 Å². The number of fused-ring (bicyclic) bond motifs is 1. The summed E-state index contributed by atoms with van der Waals surface area (Å²) in [5.74, 6) is 0. The molecule has 0 amide bonds. The van der Waals surface area contributed by atoms with Gasteiger partial charge in [-0.3, -0.25) is 5.10 Å². The van der Waals surface area contributed by atoms with Gasteiger partial charge in [-0.05, 0) is 42.6 Å². The highest BCUT2D eigenvalue weighted by Crippen LogP contribution is 2.33. The van der Waals surface area contributed by atoms with Gasteiger partial charge in [0.25, 0.3) is 0 Å². The second kappa shape index (κ2) is 4.83. The summed E-state index contributed by atoms with van der Waals surface area (Å²) in [4.78, 5) is 9.56. The lowest BCUT2D eigenvalue weighted by molar-refractivity contribution is 1.07. The van der Waals surface area contributed by atoms with E-state index in [0.717, 1.165) is 15.3 Å². The maximum atomic E-state index is 5.93. The highest BCUT2D eigenvalue weighted by atomic mass is 35.5. The van der Waals surface area contributed by atoms with Gasteiger partial charge in [0.05, 0.1) is 11.6 Å². The van der Waals surface area contributed by atoms with Crippen LogP contribution < -0.4 is 0 Å². The number of hydrogen-bond acceptors (Lipinski definition) is 4. The summed E-state index contributed by atoms with van der Waals surface area (Å²) in [5, 5.41) is 8.73. The summed E-state index contributed by atoms with van der Waals surface area (Å²) in [7, 11) is 0. The molecule has 2 heterocycles. The Morgan fingerprint density at radius 1 is 1.21 bits per heavy atom. The number of H-pyrrole nitrogens is 1. The Kier molecular flexibility index (Phi) is 3.16. The van der Waals surface area contributed by atoms with E-state index in [-0.39, 0.29) is 5.28 Å². The van der Waals surface area contributed by atoms with Gasteiger partial charge in [-0.15, -0.1) is 0 Å². The highest BCUT2D eigenvalue weighted by molar-refractivity contribution is 7.99. The van der Waals surface area contributed by atoms with Crippen molar-refractivity contribution in [1.82, 2.24) is 20.2 Å². The molecule has 1 aromatic carbocycles. The van der Waals surface area contributed by atoms with E-state index in [1.807, 2.05) is 0 Å². The fourth-order valence-electron chi connectivity index (χ4n) is 1.78. The molecule has 0 fully saturated rings. The Bertz CT molecular complexity index is 753. The van der Waals surface area contributed by atoms with Crippen LogP contribution in [-0.4, -0.2) is 20.2 Å². The van der Waals surface area contributed by atoms with Gasteiger partial charge in [0.1, 0.15) is 5.03 Å². The molecule has 0 aliphatic heterocycles. The number of aryl methyl sites for hydroxylation is 2. The van der Waals surface area contributed by atoms with E-state index in [4.69, 9.17) is 11.6 Å². The third-order valence-corrected chi connectivity index (χ3v) is 4.13. The first kappa shape index (κ1) is 12.4. The number of halogens is 1. The second-order valence-electron chi connectivity index (χ2n) is 4.30. The van der Waals surface area contributed by atoms with Crippen molar-refractivity contribution in [3.8, 4) is 0 Å². The Morgan fingerprint density at radius 2 is 2.05 bits per heavy atom. The molecule has 0 saturated heterocycles. The molecule has 0 atom stereocenters. The third kappa shape index (κ3) is 2.43. The monoisotopic (exact) mass is 290 g/mol. The van der Waals surface area contributed by atoms with Gasteiger partial charge in [-0.25, -0.2) is 4.98 Å². The van der Waals surface area contributed by atoms with Crippen molar-refractivity contribution in [3.05, 3.63) is 40.8 Å². The summed E-state index contributed by atoms with van der Waals surface area (Å²) in [6.45, 7) is 4.15. The molecular weight excluding hydrogens is 280 g/mol. The van der Waals surface area contributed by atoms with Crippen LogP contribution in [-0.2, 0) is 0 Å². The number of benzene rings is 1. The van der Waals surface area contributed by atoms with Crippen molar-refractivity contribution in [1.29, 1.82) is 0 Å². The van der Waals surface area contributed by atoms with E-state index in [1.54, 1.807) is 18.0 Å². The number of hydrogen-bond donors (Lipinski definition) is 1. The summed E-state index contributed by atoms with van der Waals surface area (Å²) in [6.07, 6.45) is 1.72. The molecule has 0 spiro atoms. The summed E-state index contributed by atoms with van der Waals surface area (Å²) in [5.41, 5.74) is 3.09. The minimum atomic E-state index is 0.226. The summed E-state index contributed by atoms with van der Waals surface area (Å²) < 4.78 is 0. The van der Waals surface area contributed by atoms with E-state index in [9.17, 15) is 0 Å². The van der Waals surface area contributed by atoms with Crippen LogP contribution in [0.15, 0.2) is 34.3 Å². The van der Waals surface area contributed by atoms with Gasteiger partial charge in [0, 0.05) is 4.90 Å². The van der Waals surface area contributed by atoms with Crippen LogP contribution in [0, 0.1) is 13.8 Å². The lowest BCUT2D eigenvalue weighted by Crippen LogP contribution is -1.89. The molecule has 6 heteroatoms. The van der Waals surface area contributed by atoms with E-state index in [1.165, 1.54) is 11.1 Å².